The summed E-state index contributed by atoms with van der Waals surface area (Å²) in [6.07, 6.45) is 7.28. The fraction of sp³-hybridized carbons (Fsp3) is 0.688. The molecule has 1 aliphatic heterocycles. The fourth-order valence-electron chi connectivity index (χ4n) is 3.04. The maximum Gasteiger partial charge on any atom is 0.250 e. The van der Waals surface area contributed by atoms with E-state index in [4.69, 9.17) is 0 Å². The van der Waals surface area contributed by atoms with E-state index in [1.807, 2.05) is 22.9 Å². The molecule has 1 aromatic rings. The van der Waals surface area contributed by atoms with Gasteiger partial charge in [-0.1, -0.05) is 6.07 Å². The van der Waals surface area contributed by atoms with Gasteiger partial charge in [0.2, 0.25) is 0 Å². The molecule has 0 amide bonds. The van der Waals surface area contributed by atoms with Crippen molar-refractivity contribution in [3.63, 3.8) is 0 Å². The largest absolute Gasteiger partial charge is 0.314 e. The van der Waals surface area contributed by atoms with Gasteiger partial charge < -0.3 is 9.88 Å². The first kappa shape index (κ1) is 13.8. The van der Waals surface area contributed by atoms with Crippen LogP contribution in [0.5, 0.6) is 0 Å². The monoisotopic (exact) mass is 275 g/mol. The van der Waals surface area contributed by atoms with Crippen molar-refractivity contribution in [2.75, 3.05) is 26.2 Å². The second-order valence-electron chi connectivity index (χ2n) is 6.23. The van der Waals surface area contributed by atoms with E-state index in [-0.39, 0.29) is 5.56 Å². The maximum atomic E-state index is 11.7. The lowest BCUT2D eigenvalue weighted by atomic mass is 10.2. The number of aromatic nitrogens is 1. The topological polar surface area (TPSA) is 37.3 Å². The molecule has 0 aromatic carbocycles. The third-order valence-electron chi connectivity index (χ3n) is 4.41. The van der Waals surface area contributed by atoms with Crippen LogP contribution in [-0.4, -0.2) is 41.7 Å². The van der Waals surface area contributed by atoms with E-state index in [1.165, 1.54) is 38.8 Å². The normalized spacial score (nSPS) is 22.6. The molecule has 1 atom stereocenters. The van der Waals surface area contributed by atoms with Crippen LogP contribution in [-0.2, 0) is 6.54 Å². The summed E-state index contributed by atoms with van der Waals surface area (Å²) in [4.78, 5) is 14.3. The maximum absolute atomic E-state index is 11.7. The van der Waals surface area contributed by atoms with Crippen LogP contribution >= 0.6 is 0 Å². The Morgan fingerprint density at radius 1 is 1.25 bits per heavy atom. The highest BCUT2D eigenvalue weighted by Gasteiger charge is 2.26. The predicted molar refractivity (Wildman–Crippen MR) is 80.9 cm³/mol. The molecule has 3 rings (SSSR count). The van der Waals surface area contributed by atoms with Crippen molar-refractivity contribution in [1.29, 1.82) is 0 Å². The Balaban J connectivity index is 1.54. The Bertz CT molecular complexity index is 475. The van der Waals surface area contributed by atoms with Crippen LogP contribution in [0.1, 0.15) is 25.7 Å². The zero-order valence-electron chi connectivity index (χ0n) is 12.1. The molecule has 1 aliphatic carbocycles. The lowest BCUT2D eigenvalue weighted by Crippen LogP contribution is -2.40. The van der Waals surface area contributed by atoms with Crippen molar-refractivity contribution >= 4 is 0 Å². The number of nitrogens with zero attached hydrogens (tertiary/aromatic N) is 2. The highest BCUT2D eigenvalue weighted by molar-refractivity contribution is 4.93. The third kappa shape index (κ3) is 3.93. The third-order valence-corrected chi connectivity index (χ3v) is 4.41. The second kappa shape index (κ2) is 6.55. The zero-order valence-corrected chi connectivity index (χ0v) is 12.1. The fourth-order valence-corrected chi connectivity index (χ4v) is 3.04. The van der Waals surface area contributed by atoms with Crippen molar-refractivity contribution in [3.05, 3.63) is 34.7 Å². The Labute approximate surface area is 120 Å². The van der Waals surface area contributed by atoms with E-state index in [9.17, 15) is 4.79 Å². The molecule has 0 spiro atoms. The predicted octanol–water partition coefficient (Wildman–Crippen LogP) is 1.31. The molecule has 2 aliphatic rings. The van der Waals surface area contributed by atoms with E-state index in [0.29, 0.717) is 6.04 Å². The first-order valence-corrected chi connectivity index (χ1v) is 7.92. The van der Waals surface area contributed by atoms with Crippen LogP contribution in [0.4, 0.5) is 0 Å². The molecular formula is C16H25N3O. The van der Waals surface area contributed by atoms with E-state index in [1.54, 1.807) is 6.07 Å². The minimum Gasteiger partial charge on any atom is -0.314 e. The second-order valence-corrected chi connectivity index (χ2v) is 6.23. The smallest absolute Gasteiger partial charge is 0.250 e. The van der Waals surface area contributed by atoms with Crippen LogP contribution in [0.3, 0.4) is 0 Å². The van der Waals surface area contributed by atoms with Gasteiger partial charge in [0.1, 0.15) is 0 Å². The van der Waals surface area contributed by atoms with Gasteiger partial charge >= 0.3 is 0 Å². The summed E-state index contributed by atoms with van der Waals surface area (Å²) >= 11 is 0. The van der Waals surface area contributed by atoms with Crippen LogP contribution in [0.25, 0.3) is 0 Å². The van der Waals surface area contributed by atoms with Gasteiger partial charge in [-0.3, -0.25) is 9.69 Å². The van der Waals surface area contributed by atoms with Gasteiger partial charge in [-0.2, -0.15) is 0 Å². The lowest BCUT2D eigenvalue weighted by Gasteiger charge is -2.26. The lowest BCUT2D eigenvalue weighted by molar-refractivity contribution is 0.230. The first-order chi connectivity index (χ1) is 9.81. The van der Waals surface area contributed by atoms with Crippen molar-refractivity contribution in [3.8, 4) is 0 Å². The summed E-state index contributed by atoms with van der Waals surface area (Å²) in [6.45, 7) is 5.30. The number of rotatable bonds is 7. The standard InChI is InChI=1S/C16H25N3O/c20-16-5-1-2-9-19(16)11-10-18(12-14-6-7-14)13-15-4-3-8-17-15/h1-2,5,9,14-15,17H,3-4,6-8,10-13H2. The first-order valence-electron chi connectivity index (χ1n) is 7.92. The number of nitrogens with one attached hydrogen (secondary N) is 1. The summed E-state index contributed by atoms with van der Waals surface area (Å²) in [5.41, 5.74) is 0.109. The van der Waals surface area contributed by atoms with Gasteiger partial charge in [0.05, 0.1) is 0 Å². The molecule has 2 heterocycles. The highest BCUT2D eigenvalue weighted by Crippen LogP contribution is 2.29. The van der Waals surface area contributed by atoms with Crippen LogP contribution in [0.2, 0.25) is 0 Å². The quantitative estimate of drug-likeness (QED) is 0.815. The van der Waals surface area contributed by atoms with Gasteiger partial charge in [0.25, 0.3) is 5.56 Å². The molecule has 1 aromatic heterocycles. The van der Waals surface area contributed by atoms with Gasteiger partial charge in [-0.05, 0) is 44.2 Å². The van der Waals surface area contributed by atoms with Crippen molar-refractivity contribution in [2.45, 2.75) is 38.3 Å². The highest BCUT2D eigenvalue weighted by atomic mass is 16.1. The van der Waals surface area contributed by atoms with Gasteiger partial charge in [0, 0.05) is 44.5 Å². The summed E-state index contributed by atoms with van der Waals surface area (Å²) in [6, 6.07) is 6.04. The summed E-state index contributed by atoms with van der Waals surface area (Å²) in [7, 11) is 0. The number of hydrogen-bond donors (Lipinski definition) is 1. The molecule has 110 valence electrons. The van der Waals surface area contributed by atoms with Gasteiger partial charge in [-0.25, -0.2) is 0 Å². The summed E-state index contributed by atoms with van der Waals surface area (Å²) in [5, 5.41) is 3.58. The van der Waals surface area contributed by atoms with E-state index >= 15 is 0 Å². The van der Waals surface area contributed by atoms with Crippen molar-refractivity contribution in [1.82, 2.24) is 14.8 Å². The molecule has 2 fully saturated rings. The molecular weight excluding hydrogens is 250 g/mol. The van der Waals surface area contributed by atoms with Gasteiger partial charge in [-0.15, -0.1) is 0 Å². The minimum atomic E-state index is 0.109. The minimum absolute atomic E-state index is 0.109. The van der Waals surface area contributed by atoms with Crippen LogP contribution in [0, 0.1) is 5.92 Å². The summed E-state index contributed by atoms with van der Waals surface area (Å²) in [5.74, 6) is 0.906. The summed E-state index contributed by atoms with van der Waals surface area (Å²) < 4.78 is 1.82. The zero-order chi connectivity index (χ0) is 13.8. The molecule has 4 heteroatoms. The molecule has 0 radical (unpaired) electrons. The van der Waals surface area contributed by atoms with Crippen molar-refractivity contribution in [2.24, 2.45) is 5.92 Å². The molecule has 4 nitrogen and oxygen atoms in total. The van der Waals surface area contributed by atoms with Crippen LogP contribution in [0.15, 0.2) is 29.2 Å². The SMILES string of the molecule is O=c1ccccn1CCN(CC1CC1)CC1CCCN1. The Morgan fingerprint density at radius 3 is 2.85 bits per heavy atom. The molecule has 1 saturated carbocycles. The average molecular weight is 275 g/mol. The van der Waals surface area contributed by atoms with E-state index in [2.05, 4.69) is 10.2 Å². The van der Waals surface area contributed by atoms with E-state index in [0.717, 1.165) is 25.6 Å². The number of pyridine rings is 1. The van der Waals surface area contributed by atoms with Gasteiger partial charge in [0.15, 0.2) is 0 Å². The molecule has 20 heavy (non-hydrogen) atoms. The molecule has 1 unspecified atom stereocenters. The Morgan fingerprint density at radius 2 is 2.15 bits per heavy atom. The van der Waals surface area contributed by atoms with Crippen LogP contribution < -0.4 is 10.9 Å². The Hall–Kier alpha value is -1.13. The Kier molecular flexibility index (Phi) is 4.53. The average Bonchev–Trinajstić information content (AvgIpc) is 3.11. The number of hydrogen-bond acceptors (Lipinski definition) is 3. The molecule has 0 bridgehead atoms. The van der Waals surface area contributed by atoms with Crippen molar-refractivity contribution < 1.29 is 0 Å². The molecule has 1 saturated heterocycles. The van der Waals surface area contributed by atoms with E-state index < -0.39 is 0 Å². The molecule has 1 N–H and O–H groups in total.